The van der Waals surface area contributed by atoms with Crippen molar-refractivity contribution < 1.29 is 9.85 Å². The van der Waals surface area contributed by atoms with Gasteiger partial charge in [-0.2, -0.15) is 0 Å². The van der Waals surface area contributed by atoms with Crippen LogP contribution in [0.3, 0.4) is 0 Å². The number of nitrogens with zero attached hydrogens (tertiary/aromatic N) is 3. The largest absolute Gasteiger partial charge is 0.307 e. The number of rotatable bonds is 4. The number of nitro groups is 2. The molecule has 0 saturated carbocycles. The number of benzene rings is 1. The molecule has 8 nitrogen and oxygen atoms in total. The van der Waals surface area contributed by atoms with Gasteiger partial charge in [0.25, 0.3) is 11.4 Å². The maximum atomic E-state index is 11.4. The Morgan fingerprint density at radius 3 is 2.47 bits per heavy atom. The van der Waals surface area contributed by atoms with Crippen molar-refractivity contribution in [3.05, 3.63) is 65.2 Å². The van der Waals surface area contributed by atoms with Crippen molar-refractivity contribution >= 4 is 22.7 Å². The van der Waals surface area contributed by atoms with Crippen molar-refractivity contribution in [3.8, 4) is 0 Å². The van der Waals surface area contributed by atoms with E-state index in [1.165, 1.54) is 22.9 Å². The van der Waals surface area contributed by atoms with Crippen molar-refractivity contribution in [1.82, 2.24) is 4.57 Å². The smallest absolute Gasteiger partial charge is 0.301 e. The third kappa shape index (κ3) is 2.65. The van der Waals surface area contributed by atoms with Gasteiger partial charge in [-0.15, -0.1) is 0 Å². The van der Waals surface area contributed by atoms with E-state index in [1.807, 2.05) is 0 Å². The first-order valence-corrected chi connectivity index (χ1v) is 5.92. The molecule has 9 heteroatoms. The van der Waals surface area contributed by atoms with Crippen LogP contribution in [0.5, 0.6) is 0 Å². The van der Waals surface area contributed by atoms with E-state index in [1.54, 1.807) is 5.38 Å². The van der Waals surface area contributed by atoms with Crippen molar-refractivity contribution in [1.29, 1.82) is 0 Å². The monoisotopic (exact) mass is 281 g/mol. The Morgan fingerprint density at radius 2 is 1.95 bits per heavy atom. The zero-order valence-electron chi connectivity index (χ0n) is 9.38. The molecular weight excluding hydrogens is 274 g/mol. The molecule has 0 N–H and O–H groups in total. The summed E-state index contributed by atoms with van der Waals surface area (Å²) >= 11 is 0.975. The van der Waals surface area contributed by atoms with Gasteiger partial charge in [0.15, 0.2) is 0 Å². The first-order chi connectivity index (χ1) is 8.99. The first-order valence-electron chi connectivity index (χ1n) is 5.04. The second-order valence-electron chi connectivity index (χ2n) is 3.62. The summed E-state index contributed by atoms with van der Waals surface area (Å²) in [6.07, 6.45) is 1.51. The highest BCUT2D eigenvalue weighted by Gasteiger charge is 2.19. The van der Waals surface area contributed by atoms with Crippen molar-refractivity contribution in [2.45, 2.75) is 6.54 Å². The molecule has 0 aliphatic heterocycles. The maximum absolute atomic E-state index is 11.4. The molecule has 0 aliphatic rings. The molecule has 1 aromatic heterocycles. The summed E-state index contributed by atoms with van der Waals surface area (Å²) in [5.41, 5.74) is -0.475. The predicted octanol–water partition coefficient (Wildman–Crippen LogP) is 1.77. The van der Waals surface area contributed by atoms with E-state index in [0.29, 0.717) is 0 Å². The summed E-state index contributed by atoms with van der Waals surface area (Å²) in [5, 5.41) is 23.1. The van der Waals surface area contributed by atoms with Crippen LogP contribution in [0.15, 0.2) is 34.6 Å². The zero-order valence-corrected chi connectivity index (χ0v) is 10.2. The highest BCUT2D eigenvalue weighted by molar-refractivity contribution is 7.07. The highest BCUT2D eigenvalue weighted by Crippen LogP contribution is 2.25. The van der Waals surface area contributed by atoms with Crippen LogP contribution in [0, 0.1) is 20.2 Å². The molecule has 0 unspecified atom stereocenters. The van der Waals surface area contributed by atoms with Crippen molar-refractivity contribution in [2.24, 2.45) is 0 Å². The van der Waals surface area contributed by atoms with E-state index in [4.69, 9.17) is 0 Å². The SMILES string of the molecule is O=c1sccn1Cc1ccc([N+](=O)[O-])cc1[N+](=O)[O-]. The minimum atomic E-state index is -0.701. The van der Waals surface area contributed by atoms with E-state index < -0.39 is 9.85 Å². The second kappa shape index (κ2) is 4.98. The van der Waals surface area contributed by atoms with Gasteiger partial charge in [-0.05, 0) is 6.07 Å². The van der Waals surface area contributed by atoms with E-state index >= 15 is 0 Å². The number of aromatic nitrogens is 1. The van der Waals surface area contributed by atoms with Crippen molar-refractivity contribution in [3.63, 3.8) is 0 Å². The number of thiazole rings is 1. The summed E-state index contributed by atoms with van der Waals surface area (Å²) in [6, 6.07) is 3.37. The molecule has 19 heavy (non-hydrogen) atoms. The van der Waals surface area contributed by atoms with Crippen LogP contribution in [0.2, 0.25) is 0 Å². The maximum Gasteiger partial charge on any atom is 0.307 e. The van der Waals surface area contributed by atoms with Gasteiger partial charge >= 0.3 is 4.87 Å². The van der Waals surface area contributed by atoms with E-state index in [2.05, 4.69) is 0 Å². The molecule has 2 rings (SSSR count). The van der Waals surface area contributed by atoms with Crippen molar-refractivity contribution in [2.75, 3.05) is 0 Å². The standard InChI is InChI=1S/C10H7N3O5S/c14-10-11(3-4-19-10)6-7-1-2-8(12(15)16)5-9(7)13(17)18/h1-5H,6H2. The Labute approximate surface area is 109 Å². The number of hydrogen-bond acceptors (Lipinski definition) is 6. The molecule has 1 heterocycles. The Bertz CT molecular complexity index is 705. The Kier molecular flexibility index (Phi) is 3.38. The van der Waals surface area contributed by atoms with E-state index in [0.717, 1.165) is 17.4 Å². The molecule has 0 saturated heterocycles. The van der Waals surface area contributed by atoms with Gasteiger partial charge in [-0.25, -0.2) is 0 Å². The molecule has 0 atom stereocenters. The third-order valence-electron chi connectivity index (χ3n) is 2.46. The number of non-ortho nitro benzene ring substituents is 1. The van der Waals surface area contributed by atoms with Gasteiger partial charge in [0.1, 0.15) is 0 Å². The minimum Gasteiger partial charge on any atom is -0.301 e. The zero-order chi connectivity index (χ0) is 14.0. The summed E-state index contributed by atoms with van der Waals surface area (Å²) in [4.78, 5) is 31.2. The Balaban J connectivity index is 2.45. The highest BCUT2D eigenvalue weighted by atomic mass is 32.1. The lowest BCUT2D eigenvalue weighted by atomic mass is 10.1. The van der Waals surface area contributed by atoms with Gasteiger partial charge < -0.3 is 4.57 Å². The summed E-state index contributed by atoms with van der Waals surface area (Å²) in [6.45, 7) is 0.0106. The summed E-state index contributed by atoms with van der Waals surface area (Å²) < 4.78 is 1.30. The van der Waals surface area contributed by atoms with Crippen LogP contribution in [0.25, 0.3) is 0 Å². The van der Waals surface area contributed by atoms with E-state index in [9.17, 15) is 25.0 Å². The molecule has 0 spiro atoms. The van der Waals surface area contributed by atoms with Crippen LogP contribution < -0.4 is 4.87 Å². The number of nitro benzene ring substituents is 2. The Morgan fingerprint density at radius 1 is 1.21 bits per heavy atom. The van der Waals surface area contributed by atoms with E-state index in [-0.39, 0.29) is 28.4 Å². The minimum absolute atomic E-state index is 0.0106. The third-order valence-corrected chi connectivity index (χ3v) is 3.16. The quantitative estimate of drug-likeness (QED) is 0.626. The molecule has 0 bridgehead atoms. The van der Waals surface area contributed by atoms with Crippen LogP contribution in [0.1, 0.15) is 5.56 Å². The molecule has 2 aromatic rings. The van der Waals surface area contributed by atoms with Crippen LogP contribution in [-0.4, -0.2) is 14.4 Å². The molecule has 0 amide bonds. The molecule has 0 fully saturated rings. The van der Waals surface area contributed by atoms with Gasteiger partial charge in [-0.1, -0.05) is 11.3 Å². The molecule has 98 valence electrons. The van der Waals surface area contributed by atoms with Crippen LogP contribution in [-0.2, 0) is 6.54 Å². The summed E-state index contributed by atoms with van der Waals surface area (Å²) in [5.74, 6) is 0. The number of hydrogen-bond donors (Lipinski definition) is 0. The summed E-state index contributed by atoms with van der Waals surface area (Å²) in [7, 11) is 0. The second-order valence-corrected chi connectivity index (χ2v) is 4.48. The topological polar surface area (TPSA) is 108 Å². The van der Waals surface area contributed by atoms with Crippen LogP contribution >= 0.6 is 11.3 Å². The van der Waals surface area contributed by atoms with Gasteiger partial charge in [0, 0.05) is 17.6 Å². The van der Waals surface area contributed by atoms with Gasteiger partial charge in [0.05, 0.1) is 28.0 Å². The lowest BCUT2D eigenvalue weighted by molar-refractivity contribution is -0.394. The fourth-order valence-electron chi connectivity index (χ4n) is 1.56. The molecule has 1 aromatic carbocycles. The van der Waals surface area contributed by atoms with Gasteiger partial charge in [0.2, 0.25) is 0 Å². The molecular formula is C10H7N3O5S. The lowest BCUT2D eigenvalue weighted by Crippen LogP contribution is -2.13. The predicted molar refractivity (Wildman–Crippen MR) is 67.4 cm³/mol. The normalized spacial score (nSPS) is 10.3. The fraction of sp³-hybridized carbons (Fsp3) is 0.100. The average molecular weight is 281 g/mol. The molecule has 0 radical (unpaired) electrons. The molecule has 0 aliphatic carbocycles. The first kappa shape index (κ1) is 12.9. The fourth-order valence-corrected chi connectivity index (χ4v) is 2.15. The lowest BCUT2D eigenvalue weighted by Gasteiger charge is -2.03. The van der Waals surface area contributed by atoms with Crippen LogP contribution in [0.4, 0.5) is 11.4 Å². The average Bonchev–Trinajstić information content (AvgIpc) is 2.75. The Hall–Kier alpha value is -2.55. The van der Waals surface area contributed by atoms with Gasteiger partial charge in [-0.3, -0.25) is 25.0 Å².